The lowest BCUT2D eigenvalue weighted by molar-refractivity contribution is 0.181. The third kappa shape index (κ3) is 6.94. The summed E-state index contributed by atoms with van der Waals surface area (Å²) in [4.78, 5) is 7.02. The number of ether oxygens (including phenoxy) is 3. The first-order valence-corrected chi connectivity index (χ1v) is 10.1. The van der Waals surface area contributed by atoms with Gasteiger partial charge in [-0.05, 0) is 51.3 Å². The van der Waals surface area contributed by atoms with Crippen LogP contribution in [0.2, 0.25) is 0 Å². The normalized spacial score (nSPS) is 17.0. The molecular weight excluding hydrogens is 342 g/mol. The SMILES string of the molecule is CCNC(=NCCc1ccc(OCC)c(OCC)c1)N(C)CC1CCOC1. The average molecular weight is 378 g/mol. The van der Waals surface area contributed by atoms with Gasteiger partial charge < -0.3 is 24.4 Å². The van der Waals surface area contributed by atoms with E-state index in [4.69, 9.17) is 19.2 Å². The summed E-state index contributed by atoms with van der Waals surface area (Å²) in [5.41, 5.74) is 1.20. The molecule has 152 valence electrons. The molecule has 27 heavy (non-hydrogen) atoms. The fourth-order valence-corrected chi connectivity index (χ4v) is 3.21. The highest BCUT2D eigenvalue weighted by Crippen LogP contribution is 2.28. The first kappa shape index (κ1) is 21.4. The Morgan fingerprint density at radius 3 is 2.67 bits per heavy atom. The smallest absolute Gasteiger partial charge is 0.193 e. The molecule has 0 amide bonds. The summed E-state index contributed by atoms with van der Waals surface area (Å²) in [6.45, 7) is 11.6. The number of rotatable bonds is 10. The predicted octanol–water partition coefficient (Wildman–Crippen LogP) is 2.96. The van der Waals surface area contributed by atoms with Gasteiger partial charge >= 0.3 is 0 Å². The van der Waals surface area contributed by atoms with Crippen molar-refractivity contribution in [3.63, 3.8) is 0 Å². The maximum Gasteiger partial charge on any atom is 0.193 e. The number of nitrogens with zero attached hydrogens (tertiary/aromatic N) is 2. The van der Waals surface area contributed by atoms with Crippen LogP contribution in [0.15, 0.2) is 23.2 Å². The van der Waals surface area contributed by atoms with Crippen LogP contribution in [0.1, 0.15) is 32.8 Å². The third-order valence-electron chi connectivity index (χ3n) is 4.52. The summed E-state index contributed by atoms with van der Waals surface area (Å²) in [6.07, 6.45) is 2.00. The van der Waals surface area contributed by atoms with Crippen LogP contribution in [-0.2, 0) is 11.2 Å². The Morgan fingerprint density at radius 2 is 2.00 bits per heavy atom. The van der Waals surface area contributed by atoms with Crippen molar-refractivity contribution < 1.29 is 14.2 Å². The summed E-state index contributed by atoms with van der Waals surface area (Å²) in [6, 6.07) is 6.15. The second-order valence-electron chi connectivity index (χ2n) is 6.74. The van der Waals surface area contributed by atoms with Gasteiger partial charge in [-0.3, -0.25) is 4.99 Å². The van der Waals surface area contributed by atoms with E-state index >= 15 is 0 Å². The quantitative estimate of drug-likeness (QED) is 0.502. The van der Waals surface area contributed by atoms with Crippen LogP contribution in [0.25, 0.3) is 0 Å². The highest BCUT2D eigenvalue weighted by Gasteiger charge is 2.19. The molecule has 0 aliphatic carbocycles. The number of guanidine groups is 1. The topological polar surface area (TPSA) is 55.3 Å². The van der Waals surface area contributed by atoms with E-state index < -0.39 is 0 Å². The summed E-state index contributed by atoms with van der Waals surface area (Å²) in [5, 5.41) is 3.39. The maximum atomic E-state index is 5.72. The number of benzene rings is 1. The number of aliphatic imine (C=N–C) groups is 1. The average Bonchev–Trinajstić information content (AvgIpc) is 3.16. The molecule has 6 heteroatoms. The molecule has 1 aromatic rings. The molecule has 1 N–H and O–H groups in total. The summed E-state index contributed by atoms with van der Waals surface area (Å²) >= 11 is 0. The third-order valence-corrected chi connectivity index (χ3v) is 4.52. The molecule has 0 spiro atoms. The lowest BCUT2D eigenvalue weighted by atomic mass is 10.1. The molecule has 0 bridgehead atoms. The Bertz CT molecular complexity index is 586. The molecule has 1 fully saturated rings. The van der Waals surface area contributed by atoms with Crippen molar-refractivity contribution in [2.24, 2.45) is 10.9 Å². The Kier molecular flexibility index (Phi) is 9.25. The first-order chi connectivity index (χ1) is 13.2. The largest absolute Gasteiger partial charge is 0.490 e. The minimum absolute atomic E-state index is 0.596. The van der Waals surface area contributed by atoms with Gasteiger partial charge in [0.05, 0.1) is 19.8 Å². The van der Waals surface area contributed by atoms with E-state index in [1.807, 2.05) is 19.9 Å². The zero-order valence-corrected chi connectivity index (χ0v) is 17.3. The molecule has 1 aromatic carbocycles. The fraction of sp³-hybridized carbons (Fsp3) is 0.667. The zero-order valence-electron chi connectivity index (χ0n) is 17.3. The number of hydrogen-bond acceptors (Lipinski definition) is 4. The van der Waals surface area contributed by atoms with Crippen molar-refractivity contribution in [2.75, 3.05) is 53.1 Å². The van der Waals surface area contributed by atoms with Crippen LogP contribution in [0, 0.1) is 5.92 Å². The molecule has 6 nitrogen and oxygen atoms in total. The van der Waals surface area contributed by atoms with E-state index in [9.17, 15) is 0 Å². The van der Waals surface area contributed by atoms with Crippen LogP contribution in [0.3, 0.4) is 0 Å². The molecule has 0 aromatic heterocycles. The van der Waals surface area contributed by atoms with Gasteiger partial charge in [-0.15, -0.1) is 0 Å². The van der Waals surface area contributed by atoms with Gasteiger partial charge in [0.2, 0.25) is 0 Å². The Hall–Kier alpha value is -1.95. The minimum Gasteiger partial charge on any atom is -0.490 e. The predicted molar refractivity (Wildman–Crippen MR) is 110 cm³/mol. The highest BCUT2D eigenvalue weighted by atomic mass is 16.5. The van der Waals surface area contributed by atoms with Gasteiger partial charge in [0.25, 0.3) is 0 Å². The van der Waals surface area contributed by atoms with Crippen LogP contribution < -0.4 is 14.8 Å². The number of nitrogens with one attached hydrogen (secondary N) is 1. The van der Waals surface area contributed by atoms with E-state index in [1.165, 1.54) is 5.56 Å². The molecule has 1 saturated heterocycles. The van der Waals surface area contributed by atoms with E-state index in [0.29, 0.717) is 19.1 Å². The van der Waals surface area contributed by atoms with Gasteiger partial charge in [0, 0.05) is 39.2 Å². The van der Waals surface area contributed by atoms with Crippen molar-refractivity contribution in [1.29, 1.82) is 0 Å². The monoisotopic (exact) mass is 377 g/mol. The summed E-state index contributed by atoms with van der Waals surface area (Å²) in [5.74, 6) is 3.17. The van der Waals surface area contributed by atoms with Crippen molar-refractivity contribution in [1.82, 2.24) is 10.2 Å². The minimum atomic E-state index is 0.596. The van der Waals surface area contributed by atoms with Gasteiger partial charge in [0.15, 0.2) is 17.5 Å². The van der Waals surface area contributed by atoms with Crippen molar-refractivity contribution in [3.8, 4) is 11.5 Å². The molecule has 1 heterocycles. The van der Waals surface area contributed by atoms with Crippen LogP contribution in [-0.4, -0.2) is 64.0 Å². The second kappa shape index (κ2) is 11.7. The Morgan fingerprint density at radius 1 is 1.22 bits per heavy atom. The van der Waals surface area contributed by atoms with Crippen molar-refractivity contribution in [3.05, 3.63) is 23.8 Å². The highest BCUT2D eigenvalue weighted by molar-refractivity contribution is 5.79. The fourth-order valence-electron chi connectivity index (χ4n) is 3.21. The Balaban J connectivity index is 1.96. The van der Waals surface area contributed by atoms with E-state index in [2.05, 4.69) is 36.3 Å². The lowest BCUT2D eigenvalue weighted by Gasteiger charge is -2.24. The second-order valence-corrected chi connectivity index (χ2v) is 6.74. The van der Waals surface area contributed by atoms with Gasteiger partial charge in [-0.2, -0.15) is 0 Å². The summed E-state index contributed by atoms with van der Waals surface area (Å²) in [7, 11) is 2.10. The molecule has 1 aliphatic heterocycles. The van der Waals surface area contributed by atoms with Crippen LogP contribution in [0.5, 0.6) is 11.5 Å². The molecule has 0 saturated carbocycles. The standard InChI is InChI=1S/C21H35N3O3/c1-5-22-21(24(4)15-18-11-13-25-16-18)23-12-10-17-8-9-19(26-6-2)20(14-17)27-7-3/h8-9,14,18H,5-7,10-13,15-16H2,1-4H3,(H,22,23). The molecular formula is C21H35N3O3. The first-order valence-electron chi connectivity index (χ1n) is 10.1. The Labute approximate surface area is 163 Å². The molecule has 1 aliphatic rings. The summed E-state index contributed by atoms with van der Waals surface area (Å²) < 4.78 is 16.8. The zero-order chi connectivity index (χ0) is 19.5. The molecule has 1 atom stereocenters. The number of hydrogen-bond donors (Lipinski definition) is 1. The van der Waals surface area contributed by atoms with Crippen molar-refractivity contribution >= 4 is 5.96 Å². The van der Waals surface area contributed by atoms with Crippen LogP contribution in [0.4, 0.5) is 0 Å². The van der Waals surface area contributed by atoms with E-state index in [-0.39, 0.29) is 0 Å². The van der Waals surface area contributed by atoms with Crippen molar-refractivity contribution in [2.45, 2.75) is 33.6 Å². The van der Waals surface area contributed by atoms with Gasteiger partial charge in [0.1, 0.15) is 0 Å². The van der Waals surface area contributed by atoms with Gasteiger partial charge in [-0.25, -0.2) is 0 Å². The lowest BCUT2D eigenvalue weighted by Crippen LogP contribution is -2.41. The maximum absolute atomic E-state index is 5.72. The molecule has 2 rings (SSSR count). The van der Waals surface area contributed by atoms with E-state index in [1.54, 1.807) is 0 Å². The van der Waals surface area contributed by atoms with E-state index in [0.717, 1.165) is 63.1 Å². The van der Waals surface area contributed by atoms with Gasteiger partial charge in [-0.1, -0.05) is 6.07 Å². The molecule has 0 radical (unpaired) electrons. The molecule has 1 unspecified atom stereocenters. The van der Waals surface area contributed by atoms with Crippen LogP contribution >= 0.6 is 0 Å².